The molecule has 1 aliphatic carbocycles. The van der Waals surface area contributed by atoms with Crippen LogP contribution in [0.5, 0.6) is 0 Å². The Kier molecular flexibility index (Phi) is 11.1. The minimum atomic E-state index is -0.658. The fourth-order valence-electron chi connectivity index (χ4n) is 4.88. The highest BCUT2D eigenvalue weighted by atomic mass is 32.2. The van der Waals surface area contributed by atoms with E-state index in [9.17, 15) is 9.59 Å². The van der Waals surface area contributed by atoms with E-state index in [1.54, 1.807) is 11.8 Å². The van der Waals surface area contributed by atoms with Gasteiger partial charge in [0.25, 0.3) is 5.91 Å². The van der Waals surface area contributed by atoms with Gasteiger partial charge in [0, 0.05) is 12.1 Å². The number of carbonyl (C=O) groups is 2. The van der Waals surface area contributed by atoms with Crippen molar-refractivity contribution in [2.45, 2.75) is 57.5 Å². The Balaban J connectivity index is 1.76. The molecule has 2 aromatic rings. The summed E-state index contributed by atoms with van der Waals surface area (Å²) in [5.41, 5.74) is 3.62. The second kappa shape index (κ2) is 14.3. The summed E-state index contributed by atoms with van der Waals surface area (Å²) in [5, 5.41) is 2.91. The summed E-state index contributed by atoms with van der Waals surface area (Å²) < 4.78 is 4.92. The molecule has 3 rings (SSSR count). The number of ether oxygens (including phenoxy) is 1. The van der Waals surface area contributed by atoms with E-state index in [1.807, 2.05) is 48.7 Å². The molecule has 1 atom stereocenters. The number of esters is 1. The lowest BCUT2D eigenvalue weighted by Gasteiger charge is -2.25. The van der Waals surface area contributed by atoms with E-state index in [4.69, 9.17) is 4.74 Å². The van der Waals surface area contributed by atoms with Gasteiger partial charge in [0.1, 0.15) is 6.04 Å². The average molecular weight is 497 g/mol. The molecule has 0 unspecified atom stereocenters. The lowest BCUT2D eigenvalue weighted by atomic mass is 9.87. The molecule has 1 saturated carbocycles. The highest BCUT2D eigenvalue weighted by Gasteiger charge is 2.23. The molecule has 0 radical (unpaired) electrons. The van der Waals surface area contributed by atoms with Crippen LogP contribution >= 0.6 is 11.8 Å². The van der Waals surface area contributed by atoms with E-state index < -0.39 is 12.0 Å². The SMILES string of the molecule is COC(=O)[C@@H](CCSC)NC(=O)c1ccc(CN(C)CCC2CCCCC2)cc1-c1ccccc1. The van der Waals surface area contributed by atoms with Crippen LogP contribution in [0.15, 0.2) is 48.5 Å². The minimum Gasteiger partial charge on any atom is -0.467 e. The Hall–Kier alpha value is -2.31. The second-order valence-electron chi connectivity index (χ2n) is 9.61. The quantitative estimate of drug-likeness (QED) is 0.378. The molecule has 1 N–H and O–H groups in total. The Bertz CT molecular complexity index is 944. The molecular formula is C29H40N2O3S. The first-order chi connectivity index (χ1) is 17.0. The van der Waals surface area contributed by atoms with Crippen LogP contribution in [0.1, 0.15) is 60.9 Å². The van der Waals surface area contributed by atoms with Crippen molar-refractivity contribution in [3.63, 3.8) is 0 Å². The van der Waals surface area contributed by atoms with Crippen molar-refractivity contribution in [1.29, 1.82) is 0 Å². The first kappa shape index (κ1) is 27.3. The van der Waals surface area contributed by atoms with Crippen LogP contribution in [-0.2, 0) is 16.1 Å². The van der Waals surface area contributed by atoms with Crippen LogP contribution in [0.2, 0.25) is 0 Å². The van der Waals surface area contributed by atoms with Gasteiger partial charge < -0.3 is 15.0 Å². The molecule has 6 heteroatoms. The van der Waals surface area contributed by atoms with Crippen LogP contribution < -0.4 is 5.32 Å². The fourth-order valence-corrected chi connectivity index (χ4v) is 5.35. The van der Waals surface area contributed by atoms with Gasteiger partial charge in [0.15, 0.2) is 0 Å². The van der Waals surface area contributed by atoms with Crippen LogP contribution in [-0.4, -0.2) is 55.5 Å². The molecule has 1 amide bonds. The molecule has 0 aromatic heterocycles. The lowest BCUT2D eigenvalue weighted by Crippen LogP contribution is -2.42. The number of methoxy groups -OCH3 is 1. The zero-order chi connectivity index (χ0) is 25.0. The maximum absolute atomic E-state index is 13.3. The Morgan fingerprint density at radius 3 is 2.54 bits per heavy atom. The molecule has 0 bridgehead atoms. The zero-order valence-electron chi connectivity index (χ0n) is 21.4. The zero-order valence-corrected chi connectivity index (χ0v) is 22.2. The summed E-state index contributed by atoms with van der Waals surface area (Å²) in [6.07, 6.45) is 10.7. The highest BCUT2D eigenvalue weighted by Crippen LogP contribution is 2.28. The maximum atomic E-state index is 13.3. The normalized spacial score (nSPS) is 15.1. The molecule has 190 valence electrons. The molecule has 0 spiro atoms. The van der Waals surface area contributed by atoms with E-state index in [2.05, 4.69) is 23.3 Å². The smallest absolute Gasteiger partial charge is 0.328 e. The first-order valence-corrected chi connectivity index (χ1v) is 14.2. The van der Waals surface area contributed by atoms with Gasteiger partial charge in [-0.15, -0.1) is 0 Å². The number of thioether (sulfide) groups is 1. The third-order valence-corrected chi connectivity index (χ3v) is 7.56. The number of nitrogens with zero attached hydrogens (tertiary/aromatic N) is 1. The molecule has 0 aliphatic heterocycles. The maximum Gasteiger partial charge on any atom is 0.328 e. The van der Waals surface area contributed by atoms with Gasteiger partial charge in [-0.05, 0) is 73.2 Å². The largest absolute Gasteiger partial charge is 0.467 e. The third kappa shape index (κ3) is 8.39. The van der Waals surface area contributed by atoms with E-state index in [0.29, 0.717) is 12.0 Å². The fraction of sp³-hybridized carbons (Fsp3) is 0.517. The summed E-state index contributed by atoms with van der Waals surface area (Å²) >= 11 is 1.64. The van der Waals surface area contributed by atoms with Gasteiger partial charge in [0.2, 0.25) is 0 Å². The van der Waals surface area contributed by atoms with Crippen LogP contribution in [0, 0.1) is 5.92 Å². The summed E-state index contributed by atoms with van der Waals surface area (Å²) in [5.74, 6) is 0.964. The van der Waals surface area contributed by atoms with E-state index in [1.165, 1.54) is 51.2 Å². The van der Waals surface area contributed by atoms with E-state index in [0.717, 1.165) is 35.9 Å². The summed E-state index contributed by atoms with van der Waals surface area (Å²) in [7, 11) is 3.54. The van der Waals surface area contributed by atoms with Crippen molar-refractivity contribution >= 4 is 23.6 Å². The van der Waals surface area contributed by atoms with Gasteiger partial charge in [-0.3, -0.25) is 4.79 Å². The van der Waals surface area contributed by atoms with Gasteiger partial charge in [-0.2, -0.15) is 11.8 Å². The standard InChI is InChI=1S/C29H40N2O3S/c1-31(18-16-22-10-6-4-7-11-22)21-23-14-15-25(26(20-23)24-12-8-5-9-13-24)28(32)30-27(17-19-35-3)29(33)34-2/h5,8-9,12-15,20,22,27H,4,6-7,10-11,16-19,21H2,1-3H3,(H,30,32)/t27-/m1/s1. The number of carbonyl (C=O) groups excluding carboxylic acids is 2. The Morgan fingerprint density at radius 2 is 1.86 bits per heavy atom. The topological polar surface area (TPSA) is 58.6 Å². The minimum absolute atomic E-state index is 0.252. The highest BCUT2D eigenvalue weighted by molar-refractivity contribution is 7.98. The molecule has 1 aliphatic rings. The Labute approximate surface area is 215 Å². The van der Waals surface area contributed by atoms with E-state index in [-0.39, 0.29) is 5.91 Å². The van der Waals surface area contributed by atoms with Crippen LogP contribution in [0.25, 0.3) is 11.1 Å². The predicted octanol–water partition coefficient (Wildman–Crippen LogP) is 5.78. The Morgan fingerprint density at radius 1 is 1.11 bits per heavy atom. The summed E-state index contributed by atoms with van der Waals surface area (Å²) in [6.45, 7) is 1.93. The number of hydrogen-bond donors (Lipinski definition) is 1. The number of nitrogens with one attached hydrogen (secondary N) is 1. The molecule has 2 aromatic carbocycles. The molecule has 0 saturated heterocycles. The van der Waals surface area contributed by atoms with Crippen molar-refractivity contribution in [1.82, 2.24) is 10.2 Å². The number of benzene rings is 2. The third-order valence-electron chi connectivity index (χ3n) is 6.91. The van der Waals surface area contributed by atoms with Crippen molar-refractivity contribution in [2.24, 2.45) is 5.92 Å². The summed E-state index contributed by atoms with van der Waals surface area (Å²) in [4.78, 5) is 27.9. The average Bonchev–Trinajstić information content (AvgIpc) is 2.90. The molecule has 5 nitrogen and oxygen atoms in total. The predicted molar refractivity (Wildman–Crippen MR) is 146 cm³/mol. The van der Waals surface area contributed by atoms with E-state index >= 15 is 0 Å². The molecule has 35 heavy (non-hydrogen) atoms. The van der Waals surface area contributed by atoms with Crippen molar-refractivity contribution in [3.05, 3.63) is 59.7 Å². The van der Waals surface area contributed by atoms with Crippen molar-refractivity contribution in [2.75, 3.05) is 32.7 Å². The van der Waals surface area contributed by atoms with Gasteiger partial charge in [-0.1, -0.05) is 68.5 Å². The lowest BCUT2D eigenvalue weighted by molar-refractivity contribution is -0.142. The van der Waals surface area contributed by atoms with Gasteiger partial charge in [-0.25, -0.2) is 4.79 Å². The van der Waals surface area contributed by atoms with Crippen molar-refractivity contribution < 1.29 is 14.3 Å². The van der Waals surface area contributed by atoms with Gasteiger partial charge >= 0.3 is 5.97 Å². The van der Waals surface area contributed by atoms with Crippen LogP contribution in [0.3, 0.4) is 0 Å². The van der Waals surface area contributed by atoms with Crippen molar-refractivity contribution in [3.8, 4) is 11.1 Å². The second-order valence-corrected chi connectivity index (χ2v) is 10.6. The number of hydrogen-bond acceptors (Lipinski definition) is 5. The monoisotopic (exact) mass is 496 g/mol. The first-order valence-electron chi connectivity index (χ1n) is 12.8. The molecule has 1 fully saturated rings. The van der Waals surface area contributed by atoms with Crippen LogP contribution in [0.4, 0.5) is 0 Å². The molecular weight excluding hydrogens is 456 g/mol. The number of rotatable bonds is 12. The molecule has 0 heterocycles. The summed E-state index contributed by atoms with van der Waals surface area (Å²) in [6, 6.07) is 15.4. The van der Waals surface area contributed by atoms with Gasteiger partial charge in [0.05, 0.1) is 7.11 Å². The number of amides is 1.